The normalized spacial score (nSPS) is 23.3. The van der Waals surface area contributed by atoms with Gasteiger partial charge in [-0.3, -0.25) is 19.8 Å². The number of ether oxygens (including phenoxy) is 2. The summed E-state index contributed by atoms with van der Waals surface area (Å²) in [4.78, 5) is 26.2. The van der Waals surface area contributed by atoms with Gasteiger partial charge in [-0.05, 0) is 42.0 Å². The van der Waals surface area contributed by atoms with Crippen molar-refractivity contribution < 1.29 is 23.5 Å². The van der Waals surface area contributed by atoms with Gasteiger partial charge in [0.25, 0.3) is 0 Å². The van der Waals surface area contributed by atoms with Crippen LogP contribution in [0.15, 0.2) is 36.4 Å². The number of benzene rings is 2. The molecule has 0 aliphatic carbocycles. The Morgan fingerprint density at radius 2 is 1.94 bits per heavy atom. The van der Waals surface area contributed by atoms with Crippen LogP contribution in [0, 0.1) is 5.82 Å². The largest absolute Gasteiger partial charge is 0.488 e. The average molecular weight is 468 g/mol. The van der Waals surface area contributed by atoms with Crippen molar-refractivity contribution in [2.24, 2.45) is 0 Å². The first kappa shape index (κ1) is 23.0. The monoisotopic (exact) mass is 467 g/mol. The van der Waals surface area contributed by atoms with Crippen LogP contribution in [-0.2, 0) is 40.4 Å². The van der Waals surface area contributed by atoms with Gasteiger partial charge in [0.1, 0.15) is 18.2 Å². The molecule has 2 N–H and O–H groups in total. The number of nitrogens with one attached hydrogen (secondary N) is 2. The van der Waals surface area contributed by atoms with Crippen LogP contribution in [0.2, 0.25) is 0 Å². The Morgan fingerprint density at radius 3 is 2.74 bits per heavy atom. The van der Waals surface area contributed by atoms with E-state index in [2.05, 4.69) is 22.8 Å². The highest BCUT2D eigenvalue weighted by molar-refractivity contribution is 5.98. The third-order valence-electron chi connectivity index (χ3n) is 6.77. The summed E-state index contributed by atoms with van der Waals surface area (Å²) in [5, 5.41) is 5.81. The molecule has 0 radical (unpaired) electrons. The Morgan fingerprint density at radius 1 is 1.12 bits per heavy atom. The minimum absolute atomic E-state index is 0.197. The molecular weight excluding hydrogens is 437 g/mol. The van der Waals surface area contributed by atoms with E-state index in [0.29, 0.717) is 44.7 Å². The van der Waals surface area contributed by atoms with Crippen molar-refractivity contribution in [3.63, 3.8) is 0 Å². The molecule has 7 nitrogen and oxygen atoms in total. The minimum atomic E-state index is -0.398. The Bertz CT molecular complexity index is 1050. The zero-order valence-electron chi connectivity index (χ0n) is 19.1. The summed E-state index contributed by atoms with van der Waals surface area (Å²) in [6.07, 6.45) is 2.68. The van der Waals surface area contributed by atoms with E-state index in [9.17, 15) is 14.0 Å². The lowest BCUT2D eigenvalue weighted by Crippen LogP contribution is -2.44. The standard InChI is InChI=1S/C26H30FN3O4/c27-20-11-19-14-30(23-2-1-3-25(31)29-26(23)32)15-22(19)24(12-20)34-16-18-6-4-17(5-7-18)10-21-13-28-8-9-33-21/h4-7,11-12,21,23,28H,1-3,8-10,13-16H2,(H,29,31,32)/t21?,23-/m0/s1. The lowest BCUT2D eigenvalue weighted by Gasteiger charge is -2.24. The topological polar surface area (TPSA) is 79.9 Å². The number of hydrogen-bond donors (Lipinski definition) is 2. The number of hydrogen-bond acceptors (Lipinski definition) is 6. The highest BCUT2D eigenvalue weighted by Gasteiger charge is 2.34. The fourth-order valence-corrected chi connectivity index (χ4v) is 4.98. The summed E-state index contributed by atoms with van der Waals surface area (Å²) >= 11 is 0. The Hall–Kier alpha value is -2.81. The highest BCUT2D eigenvalue weighted by Crippen LogP contribution is 2.35. The lowest BCUT2D eigenvalue weighted by atomic mass is 10.1. The van der Waals surface area contributed by atoms with Crippen molar-refractivity contribution in [3.8, 4) is 5.75 Å². The van der Waals surface area contributed by atoms with E-state index < -0.39 is 6.04 Å². The van der Waals surface area contributed by atoms with Crippen molar-refractivity contribution >= 4 is 11.8 Å². The van der Waals surface area contributed by atoms with Crippen molar-refractivity contribution in [1.82, 2.24) is 15.5 Å². The zero-order chi connectivity index (χ0) is 23.5. The Labute approximate surface area is 198 Å². The molecule has 8 heteroatoms. The van der Waals surface area contributed by atoms with Crippen molar-refractivity contribution in [1.29, 1.82) is 0 Å². The number of halogens is 1. The van der Waals surface area contributed by atoms with Crippen LogP contribution in [-0.4, -0.2) is 48.6 Å². The highest BCUT2D eigenvalue weighted by atomic mass is 19.1. The molecule has 2 aromatic carbocycles. The van der Waals surface area contributed by atoms with Gasteiger partial charge < -0.3 is 14.8 Å². The van der Waals surface area contributed by atoms with Gasteiger partial charge in [0, 0.05) is 44.2 Å². The molecule has 2 amide bonds. The summed E-state index contributed by atoms with van der Waals surface area (Å²) < 4.78 is 26.2. The summed E-state index contributed by atoms with van der Waals surface area (Å²) in [6.45, 7) is 3.80. The maximum Gasteiger partial charge on any atom is 0.243 e. The second kappa shape index (κ2) is 10.2. The first-order valence-electron chi connectivity index (χ1n) is 12.0. The lowest BCUT2D eigenvalue weighted by molar-refractivity contribution is -0.132. The molecule has 3 aliphatic heterocycles. The van der Waals surface area contributed by atoms with E-state index in [4.69, 9.17) is 9.47 Å². The second-order valence-corrected chi connectivity index (χ2v) is 9.27. The number of morpholine rings is 1. The van der Waals surface area contributed by atoms with Gasteiger partial charge in [-0.2, -0.15) is 0 Å². The number of rotatable bonds is 6. The number of nitrogens with zero attached hydrogens (tertiary/aromatic N) is 1. The predicted molar refractivity (Wildman–Crippen MR) is 124 cm³/mol. The Kier molecular flexibility index (Phi) is 6.89. The molecule has 180 valence electrons. The van der Waals surface area contributed by atoms with Gasteiger partial charge in [-0.25, -0.2) is 4.39 Å². The van der Waals surface area contributed by atoms with Crippen LogP contribution >= 0.6 is 0 Å². The van der Waals surface area contributed by atoms with Crippen LogP contribution < -0.4 is 15.4 Å². The predicted octanol–water partition coefficient (Wildman–Crippen LogP) is 2.45. The van der Waals surface area contributed by atoms with Crippen LogP contribution in [0.3, 0.4) is 0 Å². The molecule has 2 aromatic rings. The fraction of sp³-hybridized carbons (Fsp3) is 0.462. The quantitative estimate of drug-likeness (QED) is 0.636. The summed E-state index contributed by atoms with van der Waals surface area (Å²) in [6, 6.07) is 10.8. The molecule has 2 fully saturated rings. The number of amides is 2. The fourth-order valence-electron chi connectivity index (χ4n) is 4.98. The third kappa shape index (κ3) is 5.29. The molecule has 1 unspecified atom stereocenters. The molecular formula is C26H30FN3O4. The summed E-state index contributed by atoms with van der Waals surface area (Å²) in [7, 11) is 0. The minimum Gasteiger partial charge on any atom is -0.488 e. The molecule has 34 heavy (non-hydrogen) atoms. The van der Waals surface area contributed by atoms with E-state index in [1.54, 1.807) is 0 Å². The molecule has 2 atom stereocenters. The average Bonchev–Trinajstić information content (AvgIpc) is 3.17. The Balaban J connectivity index is 1.23. The first-order chi connectivity index (χ1) is 16.5. The maximum absolute atomic E-state index is 14.3. The van der Waals surface area contributed by atoms with Crippen LogP contribution in [0.4, 0.5) is 4.39 Å². The maximum atomic E-state index is 14.3. The van der Waals surface area contributed by atoms with Crippen LogP contribution in [0.25, 0.3) is 0 Å². The molecule has 0 bridgehead atoms. The molecule has 0 saturated carbocycles. The van der Waals surface area contributed by atoms with Crippen molar-refractivity contribution in [2.75, 3.05) is 19.7 Å². The van der Waals surface area contributed by atoms with Crippen LogP contribution in [0.5, 0.6) is 5.75 Å². The second-order valence-electron chi connectivity index (χ2n) is 9.27. The molecule has 0 spiro atoms. The number of carbonyl (C=O) groups is 2. The molecule has 3 aliphatic rings. The summed E-state index contributed by atoms with van der Waals surface area (Å²) in [5.74, 6) is -0.345. The van der Waals surface area contributed by atoms with Crippen molar-refractivity contribution in [3.05, 3.63) is 64.5 Å². The number of imide groups is 1. The van der Waals surface area contributed by atoms with Crippen molar-refractivity contribution in [2.45, 2.75) is 57.5 Å². The number of carbonyl (C=O) groups excluding carboxylic acids is 2. The van der Waals surface area contributed by atoms with E-state index in [-0.39, 0.29) is 23.7 Å². The molecule has 5 rings (SSSR count). The van der Waals surface area contributed by atoms with E-state index in [0.717, 1.165) is 42.8 Å². The van der Waals surface area contributed by atoms with Gasteiger partial charge in [-0.1, -0.05) is 24.3 Å². The van der Waals surface area contributed by atoms with Crippen LogP contribution in [0.1, 0.15) is 41.5 Å². The van der Waals surface area contributed by atoms with Gasteiger partial charge in [0.05, 0.1) is 18.8 Å². The van der Waals surface area contributed by atoms with Gasteiger partial charge >= 0.3 is 0 Å². The van der Waals surface area contributed by atoms with E-state index in [1.165, 1.54) is 17.7 Å². The first-order valence-corrected chi connectivity index (χ1v) is 12.0. The third-order valence-corrected chi connectivity index (χ3v) is 6.77. The van der Waals surface area contributed by atoms with Gasteiger partial charge in [0.2, 0.25) is 11.8 Å². The molecule has 0 aromatic heterocycles. The van der Waals surface area contributed by atoms with Gasteiger partial charge in [0.15, 0.2) is 0 Å². The molecule has 3 heterocycles. The smallest absolute Gasteiger partial charge is 0.243 e. The van der Waals surface area contributed by atoms with E-state index >= 15 is 0 Å². The summed E-state index contributed by atoms with van der Waals surface area (Å²) in [5.41, 5.74) is 3.94. The zero-order valence-corrected chi connectivity index (χ0v) is 19.1. The molecule has 2 saturated heterocycles. The SMILES string of the molecule is O=C1CCC[C@H](N2Cc3cc(F)cc(OCc4ccc(CC5CNCCO5)cc4)c3C2)C(=O)N1. The number of fused-ring (bicyclic) bond motifs is 1. The van der Waals surface area contributed by atoms with Gasteiger partial charge in [-0.15, -0.1) is 0 Å². The van der Waals surface area contributed by atoms with E-state index in [1.807, 2.05) is 17.0 Å².